The molecule has 0 bridgehead atoms. The van der Waals surface area contributed by atoms with Crippen LogP contribution in [0.25, 0.3) is 0 Å². The van der Waals surface area contributed by atoms with Gasteiger partial charge in [0.05, 0.1) is 0 Å². The van der Waals surface area contributed by atoms with Gasteiger partial charge in [0.15, 0.2) is 0 Å². The summed E-state index contributed by atoms with van der Waals surface area (Å²) in [6, 6.07) is 1.24. The van der Waals surface area contributed by atoms with Gasteiger partial charge in [-0.05, 0) is 17.8 Å². The zero-order chi connectivity index (χ0) is 14.3. The Kier molecular flexibility index (Phi) is 3.57. The van der Waals surface area contributed by atoms with E-state index in [9.17, 15) is 13.2 Å². The second-order valence-electron chi connectivity index (χ2n) is 6.09. The second kappa shape index (κ2) is 4.76. The molecular weight excluding hydrogens is 264 g/mol. The average molecular weight is 284 g/mol. The lowest BCUT2D eigenvalue weighted by atomic mass is 9.80. The highest BCUT2D eigenvalue weighted by molar-refractivity contribution is 7.89. The number of aromatic amines is 1. The minimum absolute atomic E-state index is 0.0768. The molecule has 0 radical (unpaired) electrons. The van der Waals surface area contributed by atoms with Crippen LogP contribution in [0.2, 0.25) is 0 Å². The summed E-state index contributed by atoms with van der Waals surface area (Å²) in [6.07, 6.45) is 3.54. The second-order valence-corrected chi connectivity index (χ2v) is 7.99. The lowest BCUT2D eigenvalue weighted by Gasteiger charge is -2.26. The molecule has 106 valence electrons. The first kappa shape index (κ1) is 14.3. The van der Waals surface area contributed by atoms with Crippen LogP contribution >= 0.6 is 0 Å². The molecule has 0 aromatic carbocycles. The molecule has 1 saturated heterocycles. The molecule has 1 unspecified atom stereocenters. The Labute approximate surface area is 113 Å². The molecule has 1 aliphatic heterocycles. The zero-order valence-electron chi connectivity index (χ0n) is 11.5. The van der Waals surface area contributed by atoms with Crippen molar-refractivity contribution in [3.63, 3.8) is 0 Å². The zero-order valence-corrected chi connectivity index (χ0v) is 12.3. The largest absolute Gasteiger partial charge is 0.366 e. The van der Waals surface area contributed by atoms with Crippen molar-refractivity contribution in [2.75, 3.05) is 13.1 Å². The van der Waals surface area contributed by atoms with E-state index in [-0.39, 0.29) is 10.3 Å². The lowest BCUT2D eigenvalue weighted by molar-refractivity contribution is 0.252. The van der Waals surface area contributed by atoms with Gasteiger partial charge in [-0.2, -0.15) is 4.31 Å². The standard InChI is InChI=1S/C13H20N2O3S/c1-13(2,3)10-5-7-15(9-10)19(17,18)12-8-14-6-4-11(12)16/h4,6,8,10H,5,7,9H2,1-3H3,(H,14,16). The van der Waals surface area contributed by atoms with Crippen LogP contribution in [0.15, 0.2) is 28.2 Å². The predicted molar refractivity (Wildman–Crippen MR) is 73.4 cm³/mol. The summed E-state index contributed by atoms with van der Waals surface area (Å²) in [6.45, 7) is 7.31. The van der Waals surface area contributed by atoms with Crippen LogP contribution in [0, 0.1) is 11.3 Å². The SMILES string of the molecule is CC(C)(C)C1CCN(S(=O)(=O)c2c[nH]ccc2=O)C1. The van der Waals surface area contributed by atoms with Crippen molar-refractivity contribution in [1.82, 2.24) is 9.29 Å². The third-order valence-electron chi connectivity index (χ3n) is 3.78. The molecule has 0 amide bonds. The van der Waals surface area contributed by atoms with Gasteiger partial charge >= 0.3 is 0 Å². The highest BCUT2D eigenvalue weighted by atomic mass is 32.2. The minimum atomic E-state index is -3.67. The van der Waals surface area contributed by atoms with Gasteiger partial charge in [0.25, 0.3) is 0 Å². The van der Waals surface area contributed by atoms with Crippen molar-refractivity contribution in [2.24, 2.45) is 11.3 Å². The molecule has 1 aliphatic rings. The maximum absolute atomic E-state index is 12.4. The van der Waals surface area contributed by atoms with Gasteiger partial charge in [-0.15, -0.1) is 0 Å². The van der Waals surface area contributed by atoms with E-state index in [1.54, 1.807) is 0 Å². The number of H-pyrrole nitrogens is 1. The maximum Gasteiger partial charge on any atom is 0.248 e. The third kappa shape index (κ3) is 2.74. The highest BCUT2D eigenvalue weighted by Gasteiger charge is 2.38. The summed E-state index contributed by atoms with van der Waals surface area (Å²) in [5.74, 6) is 0.324. The molecule has 0 saturated carbocycles. The Morgan fingerprint density at radius 1 is 1.37 bits per heavy atom. The number of nitrogens with one attached hydrogen (secondary N) is 1. The molecule has 19 heavy (non-hydrogen) atoms. The average Bonchev–Trinajstić information content (AvgIpc) is 2.78. The maximum atomic E-state index is 12.4. The van der Waals surface area contributed by atoms with Crippen LogP contribution in [0.1, 0.15) is 27.2 Å². The summed E-state index contributed by atoms with van der Waals surface area (Å²) >= 11 is 0. The number of rotatable bonds is 2. The van der Waals surface area contributed by atoms with Gasteiger partial charge in [-0.25, -0.2) is 8.42 Å². The van der Waals surface area contributed by atoms with Gasteiger partial charge in [-0.1, -0.05) is 20.8 Å². The number of hydrogen-bond acceptors (Lipinski definition) is 3. The van der Waals surface area contributed by atoms with Crippen LogP contribution in [0.3, 0.4) is 0 Å². The van der Waals surface area contributed by atoms with E-state index in [1.165, 1.54) is 22.8 Å². The van der Waals surface area contributed by atoms with Gasteiger partial charge < -0.3 is 4.98 Å². The minimum Gasteiger partial charge on any atom is -0.366 e. The van der Waals surface area contributed by atoms with Crippen LogP contribution in [0.5, 0.6) is 0 Å². The fourth-order valence-corrected chi connectivity index (χ4v) is 3.93. The molecule has 0 aliphatic carbocycles. The van der Waals surface area contributed by atoms with Crippen LogP contribution in [-0.4, -0.2) is 30.8 Å². The first-order chi connectivity index (χ1) is 8.73. The molecule has 6 heteroatoms. The van der Waals surface area contributed by atoms with E-state index >= 15 is 0 Å². The van der Waals surface area contributed by atoms with Gasteiger partial charge in [-0.3, -0.25) is 4.79 Å². The van der Waals surface area contributed by atoms with Gasteiger partial charge in [0.1, 0.15) is 4.90 Å². The van der Waals surface area contributed by atoms with E-state index in [1.807, 2.05) is 0 Å². The molecule has 5 nitrogen and oxygen atoms in total. The first-order valence-corrected chi connectivity index (χ1v) is 7.84. The van der Waals surface area contributed by atoms with Crippen LogP contribution < -0.4 is 5.43 Å². The Balaban J connectivity index is 2.29. The number of sulfonamides is 1. The molecule has 0 spiro atoms. The molecular formula is C13H20N2O3S. The summed E-state index contributed by atoms with van der Waals surface area (Å²) in [5.41, 5.74) is -0.383. The quantitative estimate of drug-likeness (QED) is 0.893. The van der Waals surface area contributed by atoms with Crippen molar-refractivity contribution < 1.29 is 8.42 Å². The molecule has 2 rings (SSSR count). The van der Waals surface area contributed by atoms with Crippen molar-refractivity contribution in [2.45, 2.75) is 32.1 Å². The van der Waals surface area contributed by atoms with E-state index in [0.717, 1.165) is 6.42 Å². The van der Waals surface area contributed by atoms with Crippen molar-refractivity contribution in [3.8, 4) is 0 Å². The van der Waals surface area contributed by atoms with E-state index in [2.05, 4.69) is 25.8 Å². The number of aromatic nitrogens is 1. The van der Waals surface area contributed by atoms with Crippen LogP contribution in [0.4, 0.5) is 0 Å². The number of hydrogen-bond donors (Lipinski definition) is 1. The first-order valence-electron chi connectivity index (χ1n) is 6.40. The third-order valence-corrected chi connectivity index (χ3v) is 5.67. The predicted octanol–water partition coefficient (Wildman–Crippen LogP) is 1.43. The Bertz CT molecular complexity index is 613. The topological polar surface area (TPSA) is 70.2 Å². The van der Waals surface area contributed by atoms with Crippen molar-refractivity contribution in [1.29, 1.82) is 0 Å². The molecule has 1 N–H and O–H groups in total. The molecule has 1 aromatic rings. The summed E-state index contributed by atoms with van der Waals surface area (Å²) < 4.78 is 26.3. The van der Waals surface area contributed by atoms with Crippen molar-refractivity contribution >= 4 is 10.0 Å². The Morgan fingerprint density at radius 2 is 2.05 bits per heavy atom. The highest BCUT2D eigenvalue weighted by Crippen LogP contribution is 2.35. The normalized spacial score (nSPS) is 21.7. The summed E-state index contributed by atoms with van der Waals surface area (Å²) in [4.78, 5) is 14.2. The smallest absolute Gasteiger partial charge is 0.248 e. The van der Waals surface area contributed by atoms with Crippen molar-refractivity contribution in [3.05, 3.63) is 28.7 Å². The monoisotopic (exact) mass is 284 g/mol. The number of nitrogens with zero attached hydrogens (tertiary/aromatic N) is 1. The lowest BCUT2D eigenvalue weighted by Crippen LogP contribution is -2.33. The number of pyridine rings is 1. The molecule has 1 atom stereocenters. The van der Waals surface area contributed by atoms with Gasteiger partial charge in [0.2, 0.25) is 15.5 Å². The van der Waals surface area contributed by atoms with E-state index < -0.39 is 15.5 Å². The van der Waals surface area contributed by atoms with E-state index in [0.29, 0.717) is 19.0 Å². The fourth-order valence-electron chi connectivity index (χ4n) is 2.39. The molecule has 1 aromatic heterocycles. The Morgan fingerprint density at radius 3 is 2.58 bits per heavy atom. The summed E-state index contributed by atoms with van der Waals surface area (Å²) in [7, 11) is -3.67. The Hall–Kier alpha value is -1.14. The fraction of sp³-hybridized carbons (Fsp3) is 0.615. The van der Waals surface area contributed by atoms with Crippen LogP contribution in [-0.2, 0) is 10.0 Å². The van der Waals surface area contributed by atoms with E-state index in [4.69, 9.17) is 0 Å². The molecule has 2 heterocycles. The molecule has 1 fully saturated rings. The summed E-state index contributed by atoms with van der Waals surface area (Å²) in [5, 5.41) is 0. The van der Waals surface area contributed by atoms with Gasteiger partial charge in [0, 0.05) is 31.5 Å².